The Kier molecular flexibility index (Phi) is 7.64. The van der Waals surface area contributed by atoms with Gasteiger partial charge in [-0.1, -0.05) is 18.6 Å². The topological polar surface area (TPSA) is 127 Å². The van der Waals surface area contributed by atoms with E-state index in [2.05, 4.69) is 0 Å². The molecule has 0 unspecified atom stereocenters. The number of nitrogens with zero attached hydrogens (tertiary/aromatic N) is 1. The summed E-state index contributed by atoms with van der Waals surface area (Å²) in [6.45, 7) is 2.59. The predicted molar refractivity (Wildman–Crippen MR) is 132 cm³/mol. The third-order valence-electron chi connectivity index (χ3n) is 5.79. The van der Waals surface area contributed by atoms with Gasteiger partial charge in [-0.05, 0) is 61.4 Å². The Morgan fingerprint density at radius 3 is 2.59 bits per heavy atom. The van der Waals surface area contributed by atoms with E-state index in [1.54, 1.807) is 6.92 Å². The van der Waals surface area contributed by atoms with Crippen LogP contribution in [0.5, 0.6) is 5.75 Å². The normalized spacial score (nSPS) is 13.3. The van der Waals surface area contributed by atoms with Crippen molar-refractivity contribution in [2.24, 2.45) is 5.73 Å². The van der Waals surface area contributed by atoms with Crippen LogP contribution >= 0.6 is 11.3 Å². The Bertz CT molecular complexity index is 1190. The fourth-order valence-electron chi connectivity index (χ4n) is 4.28. The number of carbonyl (C=O) groups is 2. The molecule has 1 aromatic carbocycles. The first kappa shape index (κ1) is 24.0. The van der Waals surface area contributed by atoms with Crippen LogP contribution < -0.4 is 16.2 Å². The molecule has 3 aromatic rings. The number of amides is 1. The smallest absolute Gasteiger partial charge is 0.332 e. The van der Waals surface area contributed by atoms with Gasteiger partial charge in [-0.3, -0.25) is 4.79 Å². The van der Waals surface area contributed by atoms with Gasteiger partial charge >= 0.3 is 5.97 Å². The lowest BCUT2D eigenvalue weighted by Gasteiger charge is -2.15. The average Bonchev–Trinajstić information content (AvgIpc) is 2.99. The number of benzene rings is 1. The highest BCUT2D eigenvalue weighted by Crippen LogP contribution is 2.43. The number of hydrogen-bond acceptors (Lipinski definition) is 8. The van der Waals surface area contributed by atoms with E-state index in [-0.39, 0.29) is 19.2 Å². The number of hydrogen-bond donors (Lipinski definition) is 2. The lowest BCUT2D eigenvalue weighted by atomic mass is 9.92. The molecule has 0 saturated carbocycles. The first-order valence-electron chi connectivity index (χ1n) is 11.5. The maximum atomic E-state index is 11.9. The highest BCUT2D eigenvalue weighted by Gasteiger charge is 2.24. The minimum absolute atomic E-state index is 0.0886. The molecule has 180 valence electrons. The van der Waals surface area contributed by atoms with E-state index in [4.69, 9.17) is 30.7 Å². The quantitative estimate of drug-likeness (QED) is 0.269. The molecule has 0 saturated heterocycles. The predicted octanol–water partition coefficient (Wildman–Crippen LogP) is 3.87. The number of primary amides is 1. The molecule has 1 aliphatic carbocycles. The van der Waals surface area contributed by atoms with Crippen molar-refractivity contribution >= 4 is 39.1 Å². The van der Waals surface area contributed by atoms with Crippen molar-refractivity contribution in [1.29, 1.82) is 0 Å². The van der Waals surface area contributed by atoms with Crippen LogP contribution in [0.4, 0.5) is 5.69 Å². The van der Waals surface area contributed by atoms with Crippen molar-refractivity contribution in [3.8, 4) is 16.9 Å². The van der Waals surface area contributed by atoms with Gasteiger partial charge in [0, 0.05) is 11.1 Å². The van der Waals surface area contributed by atoms with Gasteiger partial charge in [-0.2, -0.15) is 0 Å². The van der Waals surface area contributed by atoms with Crippen molar-refractivity contribution < 1.29 is 23.8 Å². The second-order valence-corrected chi connectivity index (χ2v) is 9.09. The number of carbonyl (C=O) groups excluding carboxylic acids is 2. The van der Waals surface area contributed by atoms with E-state index in [0.29, 0.717) is 29.5 Å². The van der Waals surface area contributed by atoms with Crippen molar-refractivity contribution in [3.05, 3.63) is 40.4 Å². The zero-order chi connectivity index (χ0) is 24.1. The van der Waals surface area contributed by atoms with E-state index in [9.17, 15) is 9.59 Å². The van der Waals surface area contributed by atoms with E-state index >= 15 is 0 Å². The molecule has 9 heteroatoms. The fraction of sp³-hybridized carbons (Fsp3) is 0.400. The van der Waals surface area contributed by atoms with Crippen LogP contribution in [0.3, 0.4) is 0 Å². The maximum Gasteiger partial charge on any atom is 0.332 e. The molecule has 34 heavy (non-hydrogen) atoms. The number of rotatable bonds is 9. The SMILES string of the molecule is CCOC(=O)COCCOc1ccc(-c2c3c(nc4sc(C(N)=O)c(N)c24)CCCCC3)cc1. The summed E-state index contributed by atoms with van der Waals surface area (Å²) in [7, 11) is 0. The molecule has 2 heterocycles. The molecule has 1 aliphatic rings. The van der Waals surface area contributed by atoms with Crippen molar-refractivity contribution in [2.45, 2.75) is 39.0 Å². The van der Waals surface area contributed by atoms with Gasteiger partial charge in [0.2, 0.25) is 0 Å². The fourth-order valence-corrected chi connectivity index (χ4v) is 5.26. The number of pyridine rings is 1. The number of aryl methyl sites for hydroxylation is 1. The zero-order valence-electron chi connectivity index (χ0n) is 19.2. The standard InChI is InChI=1S/C25H29N3O5S/c1-2-32-19(29)14-31-12-13-33-16-10-8-15(9-11-16)20-17-6-4-3-5-7-18(17)28-25-21(20)22(26)23(34-25)24(27)30/h8-11H,2-7,12-14,26H2,1H3,(H2,27,30). The van der Waals surface area contributed by atoms with Crippen LogP contribution in [0.2, 0.25) is 0 Å². The van der Waals surface area contributed by atoms with Gasteiger partial charge in [0.25, 0.3) is 5.91 Å². The lowest BCUT2D eigenvalue weighted by Crippen LogP contribution is -2.15. The number of thiophene rings is 1. The summed E-state index contributed by atoms with van der Waals surface area (Å²) in [6, 6.07) is 7.78. The third kappa shape index (κ3) is 5.15. The highest BCUT2D eigenvalue weighted by molar-refractivity contribution is 7.21. The van der Waals surface area contributed by atoms with Gasteiger partial charge in [-0.25, -0.2) is 9.78 Å². The Morgan fingerprint density at radius 2 is 1.85 bits per heavy atom. The van der Waals surface area contributed by atoms with Gasteiger partial charge in [-0.15, -0.1) is 11.3 Å². The molecular formula is C25H29N3O5S. The number of nitrogens with two attached hydrogens (primary N) is 2. The zero-order valence-corrected chi connectivity index (χ0v) is 20.0. The lowest BCUT2D eigenvalue weighted by molar-refractivity contribution is -0.148. The van der Waals surface area contributed by atoms with Crippen LogP contribution in [0.25, 0.3) is 21.3 Å². The largest absolute Gasteiger partial charge is 0.491 e. The molecular weight excluding hydrogens is 454 g/mol. The van der Waals surface area contributed by atoms with E-state index in [0.717, 1.165) is 59.1 Å². The summed E-state index contributed by atoms with van der Waals surface area (Å²) < 4.78 is 15.8. The van der Waals surface area contributed by atoms with E-state index in [1.165, 1.54) is 16.9 Å². The van der Waals surface area contributed by atoms with E-state index < -0.39 is 5.91 Å². The number of esters is 1. The molecule has 0 spiro atoms. The first-order chi connectivity index (χ1) is 16.5. The summed E-state index contributed by atoms with van der Waals surface area (Å²) in [5, 5.41) is 0.806. The minimum atomic E-state index is -0.532. The number of anilines is 1. The maximum absolute atomic E-state index is 11.9. The highest BCUT2D eigenvalue weighted by atomic mass is 32.1. The molecule has 0 fully saturated rings. The van der Waals surface area contributed by atoms with Crippen LogP contribution in [0.1, 0.15) is 47.1 Å². The molecule has 4 rings (SSSR count). The second-order valence-electron chi connectivity index (χ2n) is 8.09. The summed E-state index contributed by atoms with van der Waals surface area (Å²) in [6.07, 6.45) is 5.18. The van der Waals surface area contributed by atoms with Gasteiger partial charge in [0.1, 0.15) is 28.7 Å². The second kappa shape index (κ2) is 10.8. The minimum Gasteiger partial charge on any atom is -0.491 e. The van der Waals surface area contributed by atoms with Crippen LogP contribution in [0.15, 0.2) is 24.3 Å². The molecule has 1 amide bonds. The average molecular weight is 484 g/mol. The molecule has 0 radical (unpaired) electrons. The summed E-state index contributed by atoms with van der Waals surface area (Å²) >= 11 is 1.26. The summed E-state index contributed by atoms with van der Waals surface area (Å²) in [4.78, 5) is 29.2. The Balaban J connectivity index is 1.58. The van der Waals surface area contributed by atoms with Crippen molar-refractivity contribution in [3.63, 3.8) is 0 Å². The van der Waals surface area contributed by atoms with Gasteiger partial charge < -0.3 is 25.7 Å². The van der Waals surface area contributed by atoms with Gasteiger partial charge in [0.05, 0.1) is 18.9 Å². The molecule has 0 atom stereocenters. The van der Waals surface area contributed by atoms with Gasteiger partial charge in [0.15, 0.2) is 0 Å². The Morgan fingerprint density at radius 1 is 1.09 bits per heavy atom. The van der Waals surface area contributed by atoms with Crippen LogP contribution in [0, 0.1) is 0 Å². The Labute approximate surface area is 202 Å². The van der Waals surface area contributed by atoms with E-state index in [1.807, 2.05) is 24.3 Å². The summed E-state index contributed by atoms with van der Waals surface area (Å²) in [5.41, 5.74) is 16.7. The molecule has 0 aliphatic heterocycles. The number of ether oxygens (including phenoxy) is 3. The van der Waals surface area contributed by atoms with Crippen LogP contribution in [-0.4, -0.2) is 43.3 Å². The number of fused-ring (bicyclic) bond motifs is 2. The number of nitrogen functional groups attached to an aromatic ring is 1. The summed E-state index contributed by atoms with van der Waals surface area (Å²) in [5.74, 6) is -0.228. The van der Waals surface area contributed by atoms with Crippen molar-refractivity contribution in [2.75, 3.05) is 32.2 Å². The van der Waals surface area contributed by atoms with Crippen molar-refractivity contribution in [1.82, 2.24) is 4.98 Å². The Hall–Kier alpha value is -3.17. The molecule has 4 N–H and O–H groups in total. The third-order valence-corrected chi connectivity index (χ3v) is 6.91. The molecule has 8 nitrogen and oxygen atoms in total. The molecule has 2 aromatic heterocycles. The monoisotopic (exact) mass is 483 g/mol. The molecule has 0 bridgehead atoms. The van der Waals surface area contributed by atoms with Crippen LogP contribution in [-0.2, 0) is 27.1 Å². The number of aromatic nitrogens is 1. The first-order valence-corrected chi connectivity index (χ1v) is 12.3.